The Labute approximate surface area is 35.9 Å². The molecule has 0 aromatic heterocycles. The lowest BCUT2D eigenvalue weighted by molar-refractivity contribution is 0.164. The molecule has 1 fully saturated rings. The molecule has 0 atom stereocenters. The lowest BCUT2D eigenvalue weighted by atomic mass is 10.4. The van der Waals surface area contributed by atoms with Crippen molar-refractivity contribution in [3.63, 3.8) is 0 Å². The largest absolute Gasteiger partial charge is 0.371 e. The van der Waals surface area contributed by atoms with Gasteiger partial charge in [0.05, 0.1) is 13.2 Å². The minimum atomic E-state index is 0.718. The summed E-state index contributed by atoms with van der Waals surface area (Å²) < 4.78 is 4.69. The fourth-order valence-electron chi connectivity index (χ4n) is 0.185. The monoisotopic (exact) mass is 88.0 g/mol. The van der Waals surface area contributed by atoms with Crippen molar-refractivity contribution in [3.05, 3.63) is 0 Å². The van der Waals surface area contributed by atoms with E-state index in [2.05, 4.69) is 12.2 Å². The Morgan fingerprint density at radius 3 is 2.00 bits per heavy atom. The maximum atomic E-state index is 4.69. The maximum Gasteiger partial charge on any atom is 0.0807 e. The first-order chi connectivity index (χ1) is 2.39. The van der Waals surface area contributed by atoms with Crippen LogP contribution in [0.15, 0.2) is 0 Å². The van der Waals surface area contributed by atoms with Crippen LogP contribution in [0.1, 0.15) is 0 Å². The Morgan fingerprint density at radius 2 is 2.00 bits per heavy atom. The first-order valence-electron chi connectivity index (χ1n) is 1.49. The van der Waals surface area contributed by atoms with Gasteiger partial charge in [0.25, 0.3) is 0 Å². The van der Waals surface area contributed by atoms with Crippen LogP contribution in [-0.4, -0.2) is 18.1 Å². The third kappa shape index (κ3) is 0.465. The fraction of sp³-hybridized carbons (Fsp3) is 0.667. The van der Waals surface area contributed by atoms with E-state index in [1.54, 1.807) is 0 Å². The van der Waals surface area contributed by atoms with Crippen LogP contribution in [0.4, 0.5) is 0 Å². The first-order valence-corrected chi connectivity index (χ1v) is 1.90. The Morgan fingerprint density at radius 1 is 1.60 bits per heavy atom. The highest BCUT2D eigenvalue weighted by atomic mass is 32.1. The van der Waals surface area contributed by atoms with Gasteiger partial charge in [-0.2, -0.15) is 0 Å². The van der Waals surface area contributed by atoms with Crippen molar-refractivity contribution in [2.75, 3.05) is 13.2 Å². The Kier molecular flexibility index (Phi) is 0.669. The highest BCUT2D eigenvalue weighted by Crippen LogP contribution is 1.92. The molecule has 1 aliphatic heterocycles. The number of hydrogen-bond acceptors (Lipinski definition) is 2. The molecule has 1 rings (SSSR count). The van der Waals surface area contributed by atoms with Gasteiger partial charge in [0.2, 0.25) is 0 Å². The Bertz CT molecular complexity index is 53.9. The molecule has 0 unspecified atom stereocenters. The van der Waals surface area contributed by atoms with Crippen LogP contribution in [0.5, 0.6) is 0 Å². The zero-order chi connectivity index (χ0) is 3.70. The fourth-order valence-corrected chi connectivity index (χ4v) is 0.352. The van der Waals surface area contributed by atoms with E-state index >= 15 is 0 Å². The molecule has 1 saturated heterocycles. The van der Waals surface area contributed by atoms with Gasteiger partial charge in [-0.25, -0.2) is 0 Å². The van der Waals surface area contributed by atoms with Gasteiger partial charge in [-0.05, 0) is 0 Å². The van der Waals surface area contributed by atoms with Crippen molar-refractivity contribution < 1.29 is 4.74 Å². The average Bonchev–Trinajstić information content (AvgIpc) is 1.30. The summed E-state index contributed by atoms with van der Waals surface area (Å²) in [4.78, 5) is 1.05. The number of rotatable bonds is 0. The molecule has 0 aromatic carbocycles. The van der Waals surface area contributed by atoms with Crippen molar-refractivity contribution in [1.29, 1.82) is 0 Å². The summed E-state index contributed by atoms with van der Waals surface area (Å²) in [6.45, 7) is 1.44. The predicted molar refractivity (Wildman–Crippen MR) is 23.4 cm³/mol. The van der Waals surface area contributed by atoms with Crippen molar-refractivity contribution in [3.8, 4) is 0 Å². The minimum Gasteiger partial charge on any atom is -0.371 e. The lowest BCUT2D eigenvalue weighted by Gasteiger charge is -2.11. The molecule has 1 nitrogen and oxygen atoms in total. The number of ether oxygens (including phenoxy) is 1. The first kappa shape index (κ1) is 3.25. The molecule has 0 N–H and O–H groups in total. The molecule has 2 heteroatoms. The SMILES string of the molecule is S=C1COC1. The molecule has 0 radical (unpaired) electrons. The summed E-state index contributed by atoms with van der Waals surface area (Å²) in [6.07, 6.45) is 0. The lowest BCUT2D eigenvalue weighted by Crippen LogP contribution is -2.24. The summed E-state index contributed by atoms with van der Waals surface area (Å²) in [5.74, 6) is 0. The molecular weight excluding hydrogens is 84.1 g/mol. The molecule has 0 aliphatic carbocycles. The highest BCUT2D eigenvalue weighted by molar-refractivity contribution is 7.80. The van der Waals surface area contributed by atoms with Gasteiger partial charge < -0.3 is 4.74 Å². The summed E-state index contributed by atoms with van der Waals surface area (Å²) in [6, 6.07) is 0. The minimum absolute atomic E-state index is 0.718. The molecular formula is C3H4OS. The van der Waals surface area contributed by atoms with Gasteiger partial charge >= 0.3 is 0 Å². The Hall–Kier alpha value is 0.0500. The van der Waals surface area contributed by atoms with E-state index in [0.717, 1.165) is 18.1 Å². The van der Waals surface area contributed by atoms with Crippen molar-refractivity contribution >= 4 is 17.1 Å². The zero-order valence-electron chi connectivity index (χ0n) is 2.73. The van der Waals surface area contributed by atoms with E-state index in [4.69, 9.17) is 4.74 Å². The molecule has 0 spiro atoms. The van der Waals surface area contributed by atoms with Crippen LogP contribution in [-0.2, 0) is 4.74 Å². The summed E-state index contributed by atoms with van der Waals surface area (Å²) in [7, 11) is 0. The van der Waals surface area contributed by atoms with Crippen molar-refractivity contribution in [1.82, 2.24) is 0 Å². The second-order valence-corrected chi connectivity index (χ2v) is 1.61. The smallest absolute Gasteiger partial charge is 0.0807 e. The quantitative estimate of drug-likeness (QED) is 0.396. The van der Waals surface area contributed by atoms with Crippen LogP contribution in [0.3, 0.4) is 0 Å². The molecule has 1 heterocycles. The third-order valence-electron chi connectivity index (χ3n) is 0.526. The van der Waals surface area contributed by atoms with E-state index in [0.29, 0.717) is 0 Å². The summed E-state index contributed by atoms with van der Waals surface area (Å²) in [5.41, 5.74) is 0. The molecule has 28 valence electrons. The molecule has 5 heavy (non-hydrogen) atoms. The second-order valence-electron chi connectivity index (χ2n) is 1.03. The van der Waals surface area contributed by atoms with Crippen LogP contribution >= 0.6 is 12.2 Å². The van der Waals surface area contributed by atoms with Gasteiger partial charge in [0.15, 0.2) is 0 Å². The van der Waals surface area contributed by atoms with Crippen molar-refractivity contribution in [2.45, 2.75) is 0 Å². The van der Waals surface area contributed by atoms with Gasteiger partial charge in [0.1, 0.15) is 0 Å². The van der Waals surface area contributed by atoms with Gasteiger partial charge in [-0.3, -0.25) is 0 Å². The van der Waals surface area contributed by atoms with Gasteiger partial charge in [-0.15, -0.1) is 0 Å². The van der Waals surface area contributed by atoms with E-state index < -0.39 is 0 Å². The van der Waals surface area contributed by atoms with Gasteiger partial charge in [-0.1, -0.05) is 12.2 Å². The normalized spacial score (nSPS) is 22.0. The van der Waals surface area contributed by atoms with Crippen LogP contribution in [0.25, 0.3) is 0 Å². The predicted octanol–water partition coefficient (Wildman–Crippen LogP) is 0.387. The van der Waals surface area contributed by atoms with E-state index in [1.807, 2.05) is 0 Å². The topological polar surface area (TPSA) is 9.23 Å². The third-order valence-corrected chi connectivity index (χ3v) is 0.762. The van der Waals surface area contributed by atoms with Gasteiger partial charge in [0, 0.05) is 4.86 Å². The van der Waals surface area contributed by atoms with Crippen molar-refractivity contribution in [2.24, 2.45) is 0 Å². The highest BCUT2D eigenvalue weighted by Gasteiger charge is 2.04. The van der Waals surface area contributed by atoms with E-state index in [-0.39, 0.29) is 0 Å². The summed E-state index contributed by atoms with van der Waals surface area (Å²) in [5, 5.41) is 0. The number of thiocarbonyl (C=S) groups is 1. The summed E-state index contributed by atoms with van der Waals surface area (Å²) >= 11 is 4.66. The average molecular weight is 88.1 g/mol. The van der Waals surface area contributed by atoms with Crippen LogP contribution < -0.4 is 0 Å². The molecule has 1 aliphatic rings. The van der Waals surface area contributed by atoms with E-state index in [1.165, 1.54) is 0 Å². The second kappa shape index (κ2) is 1.03. The molecule has 0 aromatic rings. The molecule has 0 amide bonds. The standard InChI is InChI=1S/C3H4OS/c5-3-1-4-2-3/h1-2H2. The Balaban J connectivity index is 2.32. The molecule has 0 saturated carbocycles. The van der Waals surface area contributed by atoms with Crippen LogP contribution in [0, 0.1) is 0 Å². The molecule has 0 bridgehead atoms. The van der Waals surface area contributed by atoms with E-state index in [9.17, 15) is 0 Å². The van der Waals surface area contributed by atoms with Crippen LogP contribution in [0.2, 0.25) is 0 Å². The number of hydrogen-bond donors (Lipinski definition) is 0. The zero-order valence-corrected chi connectivity index (χ0v) is 3.55. The maximum absolute atomic E-state index is 4.69.